The average molecular weight is 366 g/mol. The van der Waals surface area contributed by atoms with Crippen LogP contribution in [0, 0.1) is 13.8 Å². The summed E-state index contributed by atoms with van der Waals surface area (Å²) in [5, 5.41) is 0. The third kappa shape index (κ3) is 2.31. The minimum Gasteiger partial charge on any atom is -0.353 e. The molecule has 140 valence electrons. The fraction of sp³-hybridized carbons (Fsp3) is 0.500. The van der Waals surface area contributed by atoms with Gasteiger partial charge in [-0.3, -0.25) is 9.59 Å². The summed E-state index contributed by atoms with van der Waals surface area (Å²) in [6.07, 6.45) is 1.88. The number of hydrogen-bond donors (Lipinski definition) is 0. The van der Waals surface area contributed by atoms with E-state index in [2.05, 4.69) is 9.97 Å². The van der Waals surface area contributed by atoms with E-state index in [1.54, 1.807) is 12.1 Å². The van der Waals surface area contributed by atoms with Crippen LogP contribution in [0.3, 0.4) is 0 Å². The Labute approximate surface area is 157 Å². The van der Waals surface area contributed by atoms with E-state index in [0.717, 1.165) is 35.4 Å². The zero-order valence-electron chi connectivity index (χ0n) is 15.6. The molecule has 3 aliphatic rings. The van der Waals surface area contributed by atoms with Gasteiger partial charge in [-0.25, -0.2) is 9.97 Å². The first kappa shape index (κ1) is 16.6. The van der Waals surface area contributed by atoms with Crippen LogP contribution in [0.2, 0.25) is 0 Å². The number of aryl methyl sites for hydroxylation is 2. The predicted octanol–water partition coefficient (Wildman–Crippen LogP) is 1.81. The van der Waals surface area contributed by atoms with Crippen molar-refractivity contribution in [1.82, 2.24) is 19.8 Å². The molecule has 0 saturated carbocycles. The molecule has 0 radical (unpaired) electrons. The molecule has 2 aromatic rings. The zero-order chi connectivity index (χ0) is 18.8. The average Bonchev–Trinajstić information content (AvgIpc) is 3.14. The summed E-state index contributed by atoms with van der Waals surface area (Å²) >= 11 is 0. The normalized spacial score (nSPS) is 27.2. The van der Waals surface area contributed by atoms with Gasteiger partial charge < -0.3 is 14.5 Å². The van der Waals surface area contributed by atoms with E-state index in [0.29, 0.717) is 31.6 Å². The van der Waals surface area contributed by atoms with E-state index in [4.69, 9.17) is 4.74 Å². The van der Waals surface area contributed by atoms with Crippen LogP contribution >= 0.6 is 0 Å². The lowest BCUT2D eigenvalue weighted by atomic mass is 10.0. The van der Waals surface area contributed by atoms with Gasteiger partial charge >= 0.3 is 0 Å². The van der Waals surface area contributed by atoms with E-state index < -0.39 is 5.72 Å². The number of rotatable bonds is 1. The number of nitrogens with zero attached hydrogens (tertiary/aromatic N) is 4. The van der Waals surface area contributed by atoms with Gasteiger partial charge in [-0.2, -0.15) is 0 Å². The van der Waals surface area contributed by atoms with E-state index in [9.17, 15) is 9.59 Å². The summed E-state index contributed by atoms with van der Waals surface area (Å²) in [6, 6.07) is 5.24. The Morgan fingerprint density at radius 3 is 2.78 bits per heavy atom. The first-order valence-corrected chi connectivity index (χ1v) is 9.50. The summed E-state index contributed by atoms with van der Waals surface area (Å²) in [6.45, 7) is 5.81. The van der Waals surface area contributed by atoms with Gasteiger partial charge in [-0.15, -0.1) is 0 Å². The van der Waals surface area contributed by atoms with E-state index in [-0.39, 0.29) is 17.9 Å². The van der Waals surface area contributed by atoms with Gasteiger partial charge in [0.05, 0.1) is 41.5 Å². The maximum absolute atomic E-state index is 13.3. The van der Waals surface area contributed by atoms with Crippen molar-refractivity contribution in [2.45, 2.75) is 44.9 Å². The highest BCUT2D eigenvalue weighted by Gasteiger charge is 2.61. The van der Waals surface area contributed by atoms with Crippen molar-refractivity contribution in [3.05, 3.63) is 35.2 Å². The Morgan fingerprint density at radius 2 is 1.96 bits per heavy atom. The van der Waals surface area contributed by atoms with Gasteiger partial charge in [0.15, 0.2) is 5.72 Å². The molecule has 0 bridgehead atoms. The zero-order valence-corrected chi connectivity index (χ0v) is 15.6. The largest absolute Gasteiger partial charge is 0.353 e. The Morgan fingerprint density at radius 1 is 1.19 bits per heavy atom. The van der Waals surface area contributed by atoms with E-state index in [1.807, 2.05) is 29.7 Å². The van der Waals surface area contributed by atoms with Gasteiger partial charge in [0.25, 0.3) is 5.91 Å². The Hall–Kier alpha value is -2.54. The van der Waals surface area contributed by atoms with Crippen molar-refractivity contribution in [2.24, 2.45) is 0 Å². The van der Waals surface area contributed by atoms with Gasteiger partial charge in [-0.05, 0) is 38.5 Å². The summed E-state index contributed by atoms with van der Waals surface area (Å²) < 4.78 is 6.09. The summed E-state index contributed by atoms with van der Waals surface area (Å²) in [5.41, 5.74) is 3.22. The smallest absolute Gasteiger partial charge is 0.254 e. The van der Waals surface area contributed by atoms with Crippen molar-refractivity contribution in [1.29, 1.82) is 0 Å². The lowest BCUT2D eigenvalue weighted by molar-refractivity contribution is -0.179. The Kier molecular flexibility index (Phi) is 3.53. The van der Waals surface area contributed by atoms with E-state index >= 15 is 0 Å². The van der Waals surface area contributed by atoms with Crippen molar-refractivity contribution in [3.8, 4) is 0 Å². The molecule has 3 saturated heterocycles. The first-order valence-electron chi connectivity index (χ1n) is 9.50. The third-order valence-corrected chi connectivity index (χ3v) is 6.19. The van der Waals surface area contributed by atoms with Crippen LogP contribution < -0.4 is 0 Å². The minimum atomic E-state index is -0.616. The second-order valence-electron chi connectivity index (χ2n) is 7.66. The number of benzene rings is 1. The molecule has 2 atom stereocenters. The fourth-order valence-corrected chi connectivity index (χ4v) is 4.72. The van der Waals surface area contributed by atoms with Crippen LogP contribution in [-0.4, -0.2) is 63.0 Å². The molecular formula is C20H22N4O3. The van der Waals surface area contributed by atoms with Crippen LogP contribution in [0.25, 0.3) is 11.0 Å². The number of hydrogen-bond acceptors (Lipinski definition) is 5. The standard InChI is InChI=1S/C20H22N4O3/c1-12-13(2)22-16-10-14(4-5-15(16)21-12)19(26)23-8-6-20-17(23)11-18(25)24(20)7-3-9-27-20/h4-5,10,17H,3,6-9,11H2,1-2H3/t17-,20+/m1/s1. The lowest BCUT2D eigenvalue weighted by Gasteiger charge is -2.42. The number of ether oxygens (including phenoxy) is 1. The molecule has 1 aromatic heterocycles. The van der Waals surface area contributed by atoms with Crippen molar-refractivity contribution >= 4 is 22.8 Å². The highest BCUT2D eigenvalue weighted by molar-refractivity contribution is 5.98. The molecule has 5 rings (SSSR count). The molecule has 0 unspecified atom stereocenters. The summed E-state index contributed by atoms with van der Waals surface area (Å²) in [7, 11) is 0. The molecule has 27 heavy (non-hydrogen) atoms. The molecule has 0 N–H and O–H groups in total. The number of carbonyl (C=O) groups is 2. The molecule has 1 spiro atoms. The Bertz CT molecular complexity index is 975. The van der Waals surface area contributed by atoms with Gasteiger partial charge in [-0.1, -0.05) is 0 Å². The molecule has 3 fully saturated rings. The molecule has 2 amide bonds. The summed E-state index contributed by atoms with van der Waals surface area (Å²) in [5.74, 6) is 0.0234. The minimum absolute atomic E-state index is 0.0670. The maximum atomic E-state index is 13.3. The van der Waals surface area contributed by atoms with Gasteiger partial charge in [0, 0.05) is 25.1 Å². The number of likely N-dealkylation sites (tertiary alicyclic amines) is 1. The Balaban J connectivity index is 1.49. The monoisotopic (exact) mass is 366 g/mol. The maximum Gasteiger partial charge on any atom is 0.254 e. The second-order valence-corrected chi connectivity index (χ2v) is 7.66. The van der Waals surface area contributed by atoms with Crippen molar-refractivity contribution in [3.63, 3.8) is 0 Å². The number of fused-ring (bicyclic) bond motifs is 1. The van der Waals surface area contributed by atoms with Gasteiger partial charge in [0.2, 0.25) is 5.91 Å². The lowest BCUT2D eigenvalue weighted by Crippen LogP contribution is -2.56. The van der Waals surface area contributed by atoms with Crippen LogP contribution in [0.4, 0.5) is 0 Å². The van der Waals surface area contributed by atoms with Gasteiger partial charge in [0.1, 0.15) is 0 Å². The fourth-order valence-electron chi connectivity index (χ4n) is 4.72. The highest BCUT2D eigenvalue weighted by Crippen LogP contribution is 2.45. The van der Waals surface area contributed by atoms with Crippen LogP contribution in [0.1, 0.15) is 41.0 Å². The molecular weight excluding hydrogens is 344 g/mol. The third-order valence-electron chi connectivity index (χ3n) is 6.19. The number of amides is 2. The van der Waals surface area contributed by atoms with Crippen LogP contribution in [0.15, 0.2) is 18.2 Å². The molecule has 0 aliphatic carbocycles. The first-order chi connectivity index (χ1) is 13.0. The topological polar surface area (TPSA) is 75.6 Å². The molecule has 7 heteroatoms. The molecule has 3 aliphatic heterocycles. The van der Waals surface area contributed by atoms with Crippen LogP contribution in [0.5, 0.6) is 0 Å². The molecule has 4 heterocycles. The quantitative estimate of drug-likeness (QED) is 0.769. The molecule has 7 nitrogen and oxygen atoms in total. The van der Waals surface area contributed by atoms with Crippen molar-refractivity contribution < 1.29 is 14.3 Å². The van der Waals surface area contributed by atoms with E-state index in [1.165, 1.54) is 0 Å². The van der Waals surface area contributed by atoms with Crippen molar-refractivity contribution in [2.75, 3.05) is 19.7 Å². The highest BCUT2D eigenvalue weighted by atomic mass is 16.5. The number of aromatic nitrogens is 2. The SMILES string of the molecule is Cc1nc2ccc(C(=O)N3CC[C@@]45OCCCN4C(=O)C[C@@H]35)cc2nc1C. The predicted molar refractivity (Wildman–Crippen MR) is 98.1 cm³/mol. The van der Waals surface area contributed by atoms with Crippen LogP contribution in [-0.2, 0) is 9.53 Å². The molecule has 1 aromatic carbocycles. The number of carbonyl (C=O) groups excluding carboxylic acids is 2. The summed E-state index contributed by atoms with van der Waals surface area (Å²) in [4.78, 5) is 38.5. The second kappa shape index (κ2) is 5.73.